The van der Waals surface area contributed by atoms with Crippen molar-refractivity contribution < 1.29 is 4.79 Å². The van der Waals surface area contributed by atoms with E-state index in [1.54, 1.807) is 11.3 Å². The summed E-state index contributed by atoms with van der Waals surface area (Å²) in [5, 5.41) is 4.86. The van der Waals surface area contributed by atoms with E-state index in [0.717, 1.165) is 42.5 Å². The van der Waals surface area contributed by atoms with Crippen LogP contribution in [0, 0.1) is 26.7 Å². The van der Waals surface area contributed by atoms with Gasteiger partial charge in [0.1, 0.15) is 0 Å². The quantitative estimate of drug-likeness (QED) is 0.686. The maximum absolute atomic E-state index is 12.8. The van der Waals surface area contributed by atoms with E-state index in [4.69, 9.17) is 5.73 Å². The normalized spacial score (nSPS) is 20.0. The van der Waals surface area contributed by atoms with Crippen LogP contribution in [0.4, 0.5) is 0 Å². The van der Waals surface area contributed by atoms with Gasteiger partial charge in [-0.2, -0.15) is 0 Å². The Bertz CT molecular complexity index is 978. The average Bonchev–Trinajstić information content (AvgIpc) is 3.04. The van der Waals surface area contributed by atoms with Crippen LogP contribution in [0.15, 0.2) is 22.3 Å². The van der Waals surface area contributed by atoms with Gasteiger partial charge in [-0.1, -0.05) is 6.08 Å². The Morgan fingerprint density at radius 3 is 2.59 bits per heavy atom. The van der Waals surface area contributed by atoms with E-state index in [0.29, 0.717) is 23.1 Å². The molecule has 0 radical (unpaired) electrons. The minimum Gasteiger partial charge on any atom is -0.348 e. The lowest BCUT2D eigenvalue weighted by molar-refractivity contribution is 0.0950. The Morgan fingerprint density at radius 1 is 1.28 bits per heavy atom. The van der Waals surface area contributed by atoms with Crippen LogP contribution in [-0.2, 0) is 6.54 Å². The third-order valence-corrected chi connectivity index (χ3v) is 7.12. The number of hydrogen-bond acceptors (Lipinski definition) is 4. The third-order valence-electron chi connectivity index (χ3n) is 5.99. The number of amides is 1. The number of hydrogen-bond donors (Lipinski definition) is 3. The summed E-state index contributed by atoms with van der Waals surface area (Å²) < 4.78 is 0. The molecule has 0 saturated heterocycles. The van der Waals surface area contributed by atoms with E-state index in [2.05, 4.69) is 23.3 Å². The van der Waals surface area contributed by atoms with E-state index in [1.807, 2.05) is 32.2 Å². The number of nitrogens with two attached hydrogens (primary N) is 1. The third kappa shape index (κ3) is 4.70. The molecule has 0 unspecified atom stereocenters. The molecule has 5 nitrogen and oxygen atoms in total. The highest BCUT2D eigenvalue weighted by Gasteiger charge is 2.25. The number of aryl methyl sites for hydroxylation is 2. The van der Waals surface area contributed by atoms with Crippen molar-refractivity contribution >= 4 is 22.8 Å². The maximum atomic E-state index is 12.8. The Kier molecular flexibility index (Phi) is 6.75. The van der Waals surface area contributed by atoms with E-state index in [1.165, 1.54) is 10.5 Å². The molecule has 1 saturated carbocycles. The van der Waals surface area contributed by atoms with Crippen molar-refractivity contribution in [2.75, 3.05) is 0 Å². The van der Waals surface area contributed by atoms with Crippen LogP contribution < -0.4 is 16.6 Å². The van der Waals surface area contributed by atoms with Gasteiger partial charge in [0, 0.05) is 34.1 Å². The first-order chi connectivity index (χ1) is 13.8. The molecule has 0 aromatic carbocycles. The maximum Gasteiger partial charge on any atom is 0.253 e. The highest BCUT2D eigenvalue weighted by Crippen LogP contribution is 2.39. The number of thiophene rings is 1. The van der Waals surface area contributed by atoms with Crippen molar-refractivity contribution in [3.8, 4) is 0 Å². The van der Waals surface area contributed by atoms with E-state index in [9.17, 15) is 9.59 Å². The van der Waals surface area contributed by atoms with Crippen LogP contribution in [-0.4, -0.2) is 16.9 Å². The summed E-state index contributed by atoms with van der Waals surface area (Å²) in [5.41, 5.74) is 11.3. The monoisotopic (exact) mass is 413 g/mol. The van der Waals surface area contributed by atoms with Crippen molar-refractivity contribution in [1.29, 1.82) is 0 Å². The predicted molar refractivity (Wildman–Crippen MR) is 120 cm³/mol. The van der Waals surface area contributed by atoms with Gasteiger partial charge in [0.25, 0.3) is 11.5 Å². The molecule has 0 spiro atoms. The minimum absolute atomic E-state index is 0.134. The van der Waals surface area contributed by atoms with Crippen molar-refractivity contribution in [3.63, 3.8) is 0 Å². The highest BCUT2D eigenvalue weighted by atomic mass is 32.1. The van der Waals surface area contributed by atoms with Gasteiger partial charge in [-0.15, -0.1) is 11.3 Å². The molecule has 1 amide bonds. The van der Waals surface area contributed by atoms with Crippen LogP contribution in [0.25, 0.3) is 5.57 Å². The SMILES string of the molecule is CC=C(c1scc(C(=O)NCc2c(C)cc(C)[nH]c2=O)c1C)C1CCC(N)CC1. The number of carbonyl (C=O) groups excluding carboxylic acids is 1. The molecule has 3 rings (SSSR count). The number of carbonyl (C=O) groups is 1. The Labute approximate surface area is 176 Å². The molecule has 2 heterocycles. The van der Waals surface area contributed by atoms with Crippen LogP contribution in [0.3, 0.4) is 0 Å². The molecular weight excluding hydrogens is 382 g/mol. The van der Waals surface area contributed by atoms with Gasteiger partial charge in [0.2, 0.25) is 0 Å². The minimum atomic E-state index is -0.141. The smallest absolute Gasteiger partial charge is 0.253 e. The predicted octanol–water partition coefficient (Wildman–Crippen LogP) is 4.21. The number of aromatic amines is 1. The van der Waals surface area contributed by atoms with Gasteiger partial charge >= 0.3 is 0 Å². The highest BCUT2D eigenvalue weighted by molar-refractivity contribution is 7.11. The molecule has 4 N–H and O–H groups in total. The molecular formula is C23H31N3O2S. The largest absolute Gasteiger partial charge is 0.348 e. The van der Waals surface area contributed by atoms with Gasteiger partial charge < -0.3 is 16.0 Å². The zero-order valence-corrected chi connectivity index (χ0v) is 18.5. The van der Waals surface area contributed by atoms with Gasteiger partial charge in [0.15, 0.2) is 0 Å². The zero-order chi connectivity index (χ0) is 21.1. The summed E-state index contributed by atoms with van der Waals surface area (Å²) >= 11 is 1.63. The Balaban J connectivity index is 1.75. The van der Waals surface area contributed by atoms with Crippen molar-refractivity contribution in [1.82, 2.24) is 10.3 Å². The van der Waals surface area contributed by atoms with Crippen molar-refractivity contribution in [2.24, 2.45) is 11.7 Å². The lowest BCUT2D eigenvalue weighted by Crippen LogP contribution is -2.28. The first-order valence-electron chi connectivity index (χ1n) is 10.3. The molecule has 0 bridgehead atoms. The standard InChI is InChI=1S/C23H31N3O2S/c1-5-18(16-6-8-17(24)9-7-16)21-15(4)20(12-29-21)22(27)25-11-19-13(2)10-14(3)26-23(19)28/h5,10,12,16-17H,6-9,11,24H2,1-4H3,(H,25,27)(H,26,28). The summed E-state index contributed by atoms with van der Waals surface area (Å²) in [7, 11) is 0. The molecule has 0 aliphatic heterocycles. The Hall–Kier alpha value is -2.18. The summed E-state index contributed by atoms with van der Waals surface area (Å²) in [5.74, 6) is 0.382. The van der Waals surface area contributed by atoms with Crippen molar-refractivity contribution in [2.45, 2.75) is 66.0 Å². The second-order valence-corrected chi connectivity index (χ2v) is 8.96. The van der Waals surface area contributed by atoms with Crippen LogP contribution in [0.1, 0.15) is 70.2 Å². The van der Waals surface area contributed by atoms with E-state index >= 15 is 0 Å². The fraction of sp³-hybridized carbons (Fsp3) is 0.478. The molecule has 1 aliphatic rings. The second-order valence-electron chi connectivity index (χ2n) is 8.08. The van der Waals surface area contributed by atoms with Gasteiger partial charge in [-0.3, -0.25) is 9.59 Å². The van der Waals surface area contributed by atoms with Crippen LogP contribution in [0.5, 0.6) is 0 Å². The van der Waals surface area contributed by atoms with Gasteiger partial charge in [-0.25, -0.2) is 0 Å². The molecule has 2 aromatic heterocycles. The van der Waals surface area contributed by atoms with E-state index in [-0.39, 0.29) is 18.0 Å². The average molecular weight is 414 g/mol. The zero-order valence-electron chi connectivity index (χ0n) is 17.7. The molecule has 0 atom stereocenters. The topological polar surface area (TPSA) is 88.0 Å². The fourth-order valence-corrected chi connectivity index (χ4v) is 5.50. The lowest BCUT2D eigenvalue weighted by Gasteiger charge is -2.28. The molecule has 1 aliphatic carbocycles. The molecule has 6 heteroatoms. The number of H-pyrrole nitrogens is 1. The summed E-state index contributed by atoms with van der Waals surface area (Å²) in [6.07, 6.45) is 6.52. The number of rotatable bonds is 5. The molecule has 1 fully saturated rings. The van der Waals surface area contributed by atoms with E-state index < -0.39 is 0 Å². The van der Waals surface area contributed by atoms with Gasteiger partial charge in [0.05, 0.1) is 5.56 Å². The molecule has 156 valence electrons. The number of nitrogens with one attached hydrogen (secondary N) is 2. The number of aromatic nitrogens is 1. The lowest BCUT2D eigenvalue weighted by atomic mass is 9.80. The van der Waals surface area contributed by atoms with Crippen molar-refractivity contribution in [3.05, 3.63) is 60.7 Å². The summed E-state index contributed by atoms with van der Waals surface area (Å²) in [6.45, 7) is 8.07. The number of pyridine rings is 1. The van der Waals surface area contributed by atoms with Gasteiger partial charge in [-0.05, 0) is 82.1 Å². The summed E-state index contributed by atoms with van der Waals surface area (Å²) in [4.78, 5) is 29.0. The summed E-state index contributed by atoms with van der Waals surface area (Å²) in [6, 6.07) is 2.24. The fourth-order valence-electron chi connectivity index (χ4n) is 4.27. The van der Waals surface area contributed by atoms with Crippen LogP contribution >= 0.6 is 11.3 Å². The van der Waals surface area contributed by atoms with Crippen LogP contribution in [0.2, 0.25) is 0 Å². The Morgan fingerprint density at radius 2 is 1.97 bits per heavy atom. The first kappa shape index (κ1) is 21.5. The second kappa shape index (κ2) is 9.09. The molecule has 29 heavy (non-hydrogen) atoms. The first-order valence-corrected chi connectivity index (χ1v) is 11.2. The molecule has 2 aromatic rings. The number of allylic oxidation sites excluding steroid dienone is 2.